The fraction of sp³-hybridized carbons (Fsp3) is 0.143. The lowest BCUT2D eigenvalue weighted by molar-refractivity contribution is 0.0730. The second kappa shape index (κ2) is 8.79. The van der Waals surface area contributed by atoms with Crippen molar-refractivity contribution in [1.82, 2.24) is 4.90 Å². The van der Waals surface area contributed by atoms with E-state index in [9.17, 15) is 9.59 Å². The summed E-state index contributed by atoms with van der Waals surface area (Å²) in [6, 6.07) is 26.5. The molecule has 0 saturated heterocycles. The van der Waals surface area contributed by atoms with Crippen LogP contribution in [-0.2, 0) is 13.0 Å². The van der Waals surface area contributed by atoms with E-state index in [1.807, 2.05) is 96.8 Å². The molecule has 1 aromatic heterocycles. The number of fused-ring (bicyclic) bond motifs is 1. The van der Waals surface area contributed by atoms with E-state index in [0.717, 1.165) is 33.9 Å². The molecule has 3 aromatic carbocycles. The van der Waals surface area contributed by atoms with Gasteiger partial charge in [0.05, 0.1) is 0 Å². The zero-order chi connectivity index (χ0) is 22.8. The van der Waals surface area contributed by atoms with E-state index in [4.69, 9.17) is 4.42 Å². The van der Waals surface area contributed by atoms with Gasteiger partial charge in [0.15, 0.2) is 0 Å². The van der Waals surface area contributed by atoms with Crippen LogP contribution in [0.5, 0.6) is 0 Å². The molecule has 164 valence electrons. The molecule has 0 saturated carbocycles. The van der Waals surface area contributed by atoms with Gasteiger partial charge in [-0.1, -0.05) is 36.4 Å². The molecule has 1 N–H and O–H groups in total. The summed E-state index contributed by atoms with van der Waals surface area (Å²) >= 11 is 0. The van der Waals surface area contributed by atoms with Crippen molar-refractivity contribution in [3.05, 3.63) is 113 Å². The van der Waals surface area contributed by atoms with Crippen LogP contribution >= 0.6 is 0 Å². The average molecular weight is 437 g/mol. The Morgan fingerprint density at radius 2 is 1.64 bits per heavy atom. The second-order valence-corrected chi connectivity index (χ2v) is 8.25. The minimum Gasteiger partial charge on any atom is -0.461 e. The average Bonchev–Trinajstić information content (AvgIpc) is 3.28. The number of carbonyl (C=O) groups excluding carboxylic acids is 2. The third-order valence-corrected chi connectivity index (χ3v) is 5.99. The normalized spacial score (nSPS) is 12.8. The van der Waals surface area contributed by atoms with E-state index < -0.39 is 0 Å². The van der Waals surface area contributed by atoms with Gasteiger partial charge < -0.3 is 14.6 Å². The van der Waals surface area contributed by atoms with Crippen molar-refractivity contribution in [3.8, 4) is 11.3 Å². The second-order valence-electron chi connectivity index (χ2n) is 8.25. The molecule has 33 heavy (non-hydrogen) atoms. The van der Waals surface area contributed by atoms with Crippen LogP contribution in [0.2, 0.25) is 0 Å². The Hall–Kier alpha value is -4.12. The van der Waals surface area contributed by atoms with Crippen molar-refractivity contribution in [2.75, 3.05) is 11.9 Å². The summed E-state index contributed by atoms with van der Waals surface area (Å²) in [5.74, 6) is 1.61. The van der Waals surface area contributed by atoms with Gasteiger partial charge in [0.1, 0.15) is 11.5 Å². The summed E-state index contributed by atoms with van der Waals surface area (Å²) in [7, 11) is 0. The van der Waals surface area contributed by atoms with Gasteiger partial charge in [0.25, 0.3) is 11.8 Å². The first-order chi connectivity index (χ1) is 16.1. The Labute approximate surface area is 192 Å². The quantitative estimate of drug-likeness (QED) is 0.446. The van der Waals surface area contributed by atoms with E-state index in [1.54, 1.807) is 0 Å². The van der Waals surface area contributed by atoms with Crippen LogP contribution in [0.15, 0.2) is 89.3 Å². The monoisotopic (exact) mass is 436 g/mol. The molecular weight excluding hydrogens is 412 g/mol. The predicted molar refractivity (Wildman–Crippen MR) is 128 cm³/mol. The van der Waals surface area contributed by atoms with Gasteiger partial charge >= 0.3 is 0 Å². The Morgan fingerprint density at radius 1 is 0.909 bits per heavy atom. The lowest BCUT2D eigenvalue weighted by Gasteiger charge is -2.26. The topological polar surface area (TPSA) is 62.6 Å². The number of nitrogens with zero attached hydrogens (tertiary/aromatic N) is 1. The highest BCUT2D eigenvalue weighted by atomic mass is 16.3. The number of hydrogen-bond donors (Lipinski definition) is 1. The molecule has 2 amide bonds. The minimum atomic E-state index is -0.127. The lowest BCUT2D eigenvalue weighted by atomic mass is 10.1. The van der Waals surface area contributed by atoms with Gasteiger partial charge in [-0.15, -0.1) is 0 Å². The zero-order valence-electron chi connectivity index (χ0n) is 18.4. The summed E-state index contributed by atoms with van der Waals surface area (Å²) < 4.78 is 6.11. The lowest BCUT2D eigenvalue weighted by Crippen LogP contribution is -2.35. The highest BCUT2D eigenvalue weighted by Gasteiger charge is 2.25. The van der Waals surface area contributed by atoms with Gasteiger partial charge in [-0.2, -0.15) is 0 Å². The van der Waals surface area contributed by atoms with Crippen LogP contribution < -0.4 is 5.32 Å². The van der Waals surface area contributed by atoms with Crippen molar-refractivity contribution in [1.29, 1.82) is 0 Å². The number of rotatable bonds is 4. The van der Waals surface area contributed by atoms with Crippen LogP contribution in [0.25, 0.3) is 11.3 Å². The van der Waals surface area contributed by atoms with Crippen LogP contribution in [0, 0.1) is 6.92 Å². The zero-order valence-corrected chi connectivity index (χ0v) is 18.4. The fourth-order valence-corrected chi connectivity index (χ4v) is 4.16. The first-order valence-electron chi connectivity index (χ1n) is 11.0. The maximum Gasteiger partial charge on any atom is 0.255 e. The number of furan rings is 1. The Morgan fingerprint density at radius 3 is 2.39 bits per heavy atom. The largest absolute Gasteiger partial charge is 0.461 e. The minimum absolute atomic E-state index is 0.0396. The maximum atomic E-state index is 12.8. The van der Waals surface area contributed by atoms with Crippen LogP contribution in [-0.4, -0.2) is 23.3 Å². The molecule has 1 aliphatic heterocycles. The number of amides is 2. The first-order valence-corrected chi connectivity index (χ1v) is 11.0. The summed E-state index contributed by atoms with van der Waals surface area (Å²) in [5, 5.41) is 2.95. The molecule has 0 aliphatic carbocycles. The van der Waals surface area contributed by atoms with E-state index >= 15 is 0 Å². The van der Waals surface area contributed by atoms with E-state index in [0.29, 0.717) is 30.6 Å². The van der Waals surface area contributed by atoms with Gasteiger partial charge in [-0.25, -0.2) is 0 Å². The highest BCUT2D eigenvalue weighted by molar-refractivity contribution is 6.05. The maximum absolute atomic E-state index is 12.8. The van der Waals surface area contributed by atoms with Gasteiger partial charge in [0.2, 0.25) is 0 Å². The Kier molecular flexibility index (Phi) is 5.53. The third kappa shape index (κ3) is 4.30. The molecule has 5 heteroatoms. The van der Waals surface area contributed by atoms with Crippen molar-refractivity contribution >= 4 is 17.5 Å². The molecule has 0 atom stereocenters. The molecule has 0 radical (unpaired) electrons. The van der Waals surface area contributed by atoms with Gasteiger partial charge in [0, 0.05) is 47.5 Å². The SMILES string of the molecule is Cc1ccccc1C(=O)Nc1ccc(-c2cc3c(o2)CCN(C(=O)c2ccccc2)C3)cc1. The summed E-state index contributed by atoms with van der Waals surface area (Å²) in [4.78, 5) is 27.2. The van der Waals surface area contributed by atoms with Gasteiger partial charge in [-0.3, -0.25) is 9.59 Å². The Bertz CT molecular complexity index is 1310. The van der Waals surface area contributed by atoms with Crippen LogP contribution in [0.4, 0.5) is 5.69 Å². The standard InChI is InChI=1S/C28H24N2O3/c1-19-7-5-6-10-24(19)27(31)29-23-13-11-20(12-14-23)26-17-22-18-30(16-15-25(22)33-26)28(32)21-8-3-2-4-9-21/h2-14,17H,15-16,18H2,1H3,(H,29,31). The van der Waals surface area contributed by atoms with Crippen molar-refractivity contribution in [2.24, 2.45) is 0 Å². The van der Waals surface area contributed by atoms with Crippen molar-refractivity contribution in [3.63, 3.8) is 0 Å². The molecule has 5 nitrogen and oxygen atoms in total. The third-order valence-electron chi connectivity index (χ3n) is 5.99. The molecule has 5 rings (SSSR count). The number of anilines is 1. The molecule has 0 fully saturated rings. The van der Waals surface area contributed by atoms with E-state index in [-0.39, 0.29) is 11.8 Å². The predicted octanol–water partition coefficient (Wildman–Crippen LogP) is 5.71. The number of carbonyl (C=O) groups is 2. The molecule has 4 aromatic rings. The molecular formula is C28H24N2O3. The number of nitrogens with one attached hydrogen (secondary N) is 1. The molecule has 1 aliphatic rings. The molecule has 2 heterocycles. The van der Waals surface area contributed by atoms with E-state index in [1.165, 1.54) is 0 Å². The Balaban J connectivity index is 1.29. The van der Waals surface area contributed by atoms with Crippen LogP contribution in [0.1, 0.15) is 37.6 Å². The highest BCUT2D eigenvalue weighted by Crippen LogP contribution is 2.31. The summed E-state index contributed by atoms with van der Waals surface area (Å²) in [5.41, 5.74) is 5.00. The molecule has 0 bridgehead atoms. The van der Waals surface area contributed by atoms with Crippen molar-refractivity contribution < 1.29 is 14.0 Å². The summed E-state index contributed by atoms with van der Waals surface area (Å²) in [6.45, 7) is 3.10. The number of aryl methyl sites for hydroxylation is 1. The molecule has 0 unspecified atom stereocenters. The summed E-state index contributed by atoms with van der Waals surface area (Å²) in [6.07, 6.45) is 0.693. The first kappa shape index (κ1) is 20.8. The van der Waals surface area contributed by atoms with Crippen molar-refractivity contribution in [2.45, 2.75) is 19.9 Å². The fourth-order valence-electron chi connectivity index (χ4n) is 4.16. The number of benzene rings is 3. The molecule has 0 spiro atoms. The smallest absolute Gasteiger partial charge is 0.255 e. The van der Waals surface area contributed by atoms with E-state index in [2.05, 4.69) is 5.32 Å². The number of hydrogen-bond acceptors (Lipinski definition) is 3. The van der Waals surface area contributed by atoms with Crippen LogP contribution in [0.3, 0.4) is 0 Å². The van der Waals surface area contributed by atoms with Gasteiger partial charge in [-0.05, 0) is 61.0 Å².